The highest BCUT2D eigenvalue weighted by Crippen LogP contribution is 2.07. The van der Waals surface area contributed by atoms with Crippen LogP contribution in [0.1, 0.15) is 40.5 Å². The summed E-state index contributed by atoms with van der Waals surface area (Å²) in [6, 6.07) is 0. The molecule has 0 amide bonds. The van der Waals surface area contributed by atoms with Gasteiger partial charge in [0.25, 0.3) is 0 Å². The van der Waals surface area contributed by atoms with E-state index in [1.165, 1.54) is 0 Å². The minimum atomic E-state index is -0.384. The summed E-state index contributed by atoms with van der Waals surface area (Å²) < 4.78 is 10.3. The van der Waals surface area contributed by atoms with Gasteiger partial charge in [0.05, 0.1) is 12.7 Å². The average Bonchev–Trinajstić information content (AvgIpc) is 2.03. The summed E-state index contributed by atoms with van der Waals surface area (Å²) in [5.41, 5.74) is 0. The van der Waals surface area contributed by atoms with E-state index < -0.39 is 0 Å². The van der Waals surface area contributed by atoms with Crippen LogP contribution in [0, 0.1) is 0 Å². The van der Waals surface area contributed by atoms with Crippen LogP contribution in [0.4, 0.5) is 0 Å². The second-order valence-corrected chi connectivity index (χ2v) is 3.21. The van der Waals surface area contributed by atoms with Gasteiger partial charge in [0, 0.05) is 0 Å². The summed E-state index contributed by atoms with van der Waals surface area (Å²) in [7, 11) is 0. The van der Waals surface area contributed by atoms with Crippen molar-refractivity contribution in [2.24, 2.45) is 0 Å². The molecule has 0 N–H and O–H groups in total. The van der Waals surface area contributed by atoms with Gasteiger partial charge in [-0.05, 0) is 27.2 Å². The van der Waals surface area contributed by atoms with E-state index >= 15 is 0 Å². The van der Waals surface area contributed by atoms with Crippen molar-refractivity contribution in [3.05, 3.63) is 0 Å². The van der Waals surface area contributed by atoms with E-state index in [0.29, 0.717) is 6.61 Å². The van der Waals surface area contributed by atoms with Crippen LogP contribution in [0.2, 0.25) is 0 Å². The number of carbonyl (C=O) groups excluding carboxylic acids is 1. The van der Waals surface area contributed by atoms with Gasteiger partial charge in [0.1, 0.15) is 0 Å². The van der Waals surface area contributed by atoms with E-state index in [4.69, 9.17) is 9.47 Å². The highest BCUT2D eigenvalue weighted by Gasteiger charge is 2.20. The maximum absolute atomic E-state index is 11.3. The third-order valence-electron chi connectivity index (χ3n) is 1.54. The van der Waals surface area contributed by atoms with Crippen molar-refractivity contribution in [2.75, 3.05) is 6.61 Å². The van der Waals surface area contributed by atoms with Crippen LogP contribution in [0.25, 0.3) is 0 Å². The van der Waals surface area contributed by atoms with Crippen LogP contribution < -0.4 is 0 Å². The van der Waals surface area contributed by atoms with Crippen molar-refractivity contribution in [3.8, 4) is 0 Å². The Balaban J connectivity index is 3.98. The Morgan fingerprint density at radius 2 is 1.92 bits per heavy atom. The fourth-order valence-electron chi connectivity index (χ4n) is 1.07. The number of hydrogen-bond donors (Lipinski definition) is 0. The van der Waals surface area contributed by atoms with Gasteiger partial charge in [-0.2, -0.15) is 0 Å². The number of rotatable bonds is 6. The zero-order valence-corrected chi connectivity index (χ0v) is 9.00. The third kappa shape index (κ3) is 5.64. The molecule has 3 nitrogen and oxygen atoms in total. The summed E-state index contributed by atoms with van der Waals surface area (Å²) in [6.07, 6.45) is 1.35. The predicted octanol–water partition coefficient (Wildman–Crippen LogP) is 2.14. The van der Waals surface area contributed by atoms with E-state index in [2.05, 4.69) is 0 Å². The van der Waals surface area contributed by atoms with E-state index in [1.807, 2.05) is 20.8 Å². The molecule has 1 atom stereocenters. The molecule has 1 unspecified atom stereocenters. The van der Waals surface area contributed by atoms with Gasteiger partial charge in [-0.3, -0.25) is 0 Å². The summed E-state index contributed by atoms with van der Waals surface area (Å²) in [5, 5.41) is 0. The SMILES string of the molecule is CCCC(OC(C)C)C(=O)OCC. The van der Waals surface area contributed by atoms with Gasteiger partial charge in [-0.15, -0.1) is 0 Å². The van der Waals surface area contributed by atoms with E-state index in [9.17, 15) is 4.79 Å². The van der Waals surface area contributed by atoms with Crippen LogP contribution in [0.5, 0.6) is 0 Å². The lowest BCUT2D eigenvalue weighted by atomic mass is 10.2. The molecule has 78 valence electrons. The smallest absolute Gasteiger partial charge is 0.335 e. The standard InChI is InChI=1S/C10H20O3/c1-5-7-9(13-8(3)4)10(11)12-6-2/h8-9H,5-7H2,1-4H3. The molecule has 0 spiro atoms. The minimum Gasteiger partial charge on any atom is -0.464 e. The van der Waals surface area contributed by atoms with Gasteiger partial charge in [-0.1, -0.05) is 13.3 Å². The molecule has 0 saturated heterocycles. The lowest BCUT2D eigenvalue weighted by Gasteiger charge is -2.17. The maximum atomic E-state index is 11.3. The highest BCUT2D eigenvalue weighted by atomic mass is 16.6. The second kappa shape index (κ2) is 6.89. The minimum absolute atomic E-state index is 0.0703. The van der Waals surface area contributed by atoms with E-state index in [0.717, 1.165) is 12.8 Å². The lowest BCUT2D eigenvalue weighted by Crippen LogP contribution is -2.29. The molecule has 0 aromatic rings. The van der Waals surface area contributed by atoms with Crippen LogP contribution in [0.3, 0.4) is 0 Å². The third-order valence-corrected chi connectivity index (χ3v) is 1.54. The molecule has 0 saturated carbocycles. The summed E-state index contributed by atoms with van der Waals surface area (Å²) in [4.78, 5) is 11.3. The molecule has 0 aromatic carbocycles. The van der Waals surface area contributed by atoms with E-state index in [-0.39, 0.29) is 18.2 Å². The average molecular weight is 188 g/mol. The first-order valence-corrected chi connectivity index (χ1v) is 4.93. The van der Waals surface area contributed by atoms with Gasteiger partial charge >= 0.3 is 5.97 Å². The van der Waals surface area contributed by atoms with Crippen molar-refractivity contribution in [3.63, 3.8) is 0 Å². The van der Waals surface area contributed by atoms with Gasteiger partial charge in [-0.25, -0.2) is 4.79 Å². The molecule has 0 bridgehead atoms. The Morgan fingerprint density at radius 1 is 1.31 bits per heavy atom. The molecule has 0 radical (unpaired) electrons. The largest absolute Gasteiger partial charge is 0.464 e. The Morgan fingerprint density at radius 3 is 2.31 bits per heavy atom. The topological polar surface area (TPSA) is 35.5 Å². The first-order valence-electron chi connectivity index (χ1n) is 4.93. The first kappa shape index (κ1) is 12.4. The van der Waals surface area contributed by atoms with Crippen LogP contribution in [-0.4, -0.2) is 24.8 Å². The Kier molecular flexibility index (Phi) is 6.59. The molecule has 0 aromatic heterocycles. The monoisotopic (exact) mass is 188 g/mol. The number of hydrogen-bond acceptors (Lipinski definition) is 3. The molecule has 0 aliphatic heterocycles. The molecule has 0 rings (SSSR count). The second-order valence-electron chi connectivity index (χ2n) is 3.21. The zero-order valence-electron chi connectivity index (χ0n) is 9.00. The quantitative estimate of drug-likeness (QED) is 0.599. The maximum Gasteiger partial charge on any atom is 0.335 e. The van der Waals surface area contributed by atoms with Crippen LogP contribution >= 0.6 is 0 Å². The Bertz CT molecular complexity index is 143. The molecule has 0 fully saturated rings. The summed E-state index contributed by atoms with van der Waals surface area (Å²) >= 11 is 0. The molecular formula is C10H20O3. The van der Waals surface area contributed by atoms with Gasteiger partial charge in [0.2, 0.25) is 0 Å². The van der Waals surface area contributed by atoms with Crippen LogP contribution in [-0.2, 0) is 14.3 Å². The Labute approximate surface area is 80.4 Å². The van der Waals surface area contributed by atoms with Crippen molar-refractivity contribution in [1.29, 1.82) is 0 Å². The molecule has 0 heterocycles. The summed E-state index contributed by atoms with van der Waals surface area (Å²) in [6.45, 7) is 8.08. The highest BCUT2D eigenvalue weighted by molar-refractivity contribution is 5.74. The zero-order chi connectivity index (χ0) is 10.3. The number of ether oxygens (including phenoxy) is 2. The van der Waals surface area contributed by atoms with Gasteiger partial charge in [0.15, 0.2) is 6.10 Å². The fraction of sp³-hybridized carbons (Fsp3) is 0.900. The molecular weight excluding hydrogens is 168 g/mol. The fourth-order valence-corrected chi connectivity index (χ4v) is 1.07. The molecule has 13 heavy (non-hydrogen) atoms. The van der Waals surface area contributed by atoms with Crippen molar-refractivity contribution >= 4 is 5.97 Å². The van der Waals surface area contributed by atoms with Crippen LogP contribution in [0.15, 0.2) is 0 Å². The molecule has 0 aliphatic carbocycles. The van der Waals surface area contributed by atoms with E-state index in [1.54, 1.807) is 6.92 Å². The van der Waals surface area contributed by atoms with Crippen molar-refractivity contribution in [2.45, 2.75) is 52.7 Å². The normalized spacial score (nSPS) is 13.0. The number of esters is 1. The predicted molar refractivity (Wildman–Crippen MR) is 51.6 cm³/mol. The Hall–Kier alpha value is -0.570. The number of carbonyl (C=O) groups is 1. The van der Waals surface area contributed by atoms with Crippen molar-refractivity contribution < 1.29 is 14.3 Å². The molecule has 3 heteroatoms. The molecule has 0 aliphatic rings. The van der Waals surface area contributed by atoms with Crippen molar-refractivity contribution in [1.82, 2.24) is 0 Å². The van der Waals surface area contributed by atoms with Gasteiger partial charge < -0.3 is 9.47 Å². The summed E-state index contributed by atoms with van der Waals surface area (Å²) in [5.74, 6) is -0.238. The lowest BCUT2D eigenvalue weighted by molar-refractivity contribution is -0.160. The first-order chi connectivity index (χ1) is 6.11.